The SMILES string of the molecule is C1CCC(CCSSCCC2CCCCS2)SC1. The van der Waals surface area contributed by atoms with E-state index in [2.05, 4.69) is 45.1 Å². The monoisotopic (exact) mass is 322 g/mol. The molecule has 0 nitrogen and oxygen atoms in total. The number of rotatable bonds is 7. The molecule has 2 aliphatic rings. The lowest BCUT2D eigenvalue weighted by atomic mass is 10.1. The third-order valence-electron chi connectivity index (χ3n) is 3.68. The first-order valence-electron chi connectivity index (χ1n) is 7.43. The fraction of sp³-hybridized carbons (Fsp3) is 1.00. The van der Waals surface area contributed by atoms with Crippen LogP contribution in [0.1, 0.15) is 51.4 Å². The normalized spacial score (nSPS) is 29.3. The molecule has 106 valence electrons. The summed E-state index contributed by atoms with van der Waals surface area (Å²) in [5.41, 5.74) is 0. The molecule has 0 radical (unpaired) electrons. The van der Waals surface area contributed by atoms with E-state index in [1.54, 1.807) is 0 Å². The van der Waals surface area contributed by atoms with E-state index in [4.69, 9.17) is 0 Å². The van der Waals surface area contributed by atoms with Crippen LogP contribution in [0.2, 0.25) is 0 Å². The van der Waals surface area contributed by atoms with Gasteiger partial charge in [0, 0.05) is 22.0 Å². The minimum absolute atomic E-state index is 0.987. The number of thioether (sulfide) groups is 2. The molecule has 2 saturated heterocycles. The van der Waals surface area contributed by atoms with Gasteiger partial charge < -0.3 is 0 Å². The molecule has 2 heterocycles. The first-order valence-corrected chi connectivity index (χ1v) is 12.0. The first-order chi connectivity index (χ1) is 8.95. The van der Waals surface area contributed by atoms with Crippen molar-refractivity contribution in [1.29, 1.82) is 0 Å². The van der Waals surface area contributed by atoms with E-state index >= 15 is 0 Å². The standard InChI is InChI=1S/C14H26S4/c1-3-9-15-13(5-1)7-11-17-18-12-8-14-6-2-4-10-16-14/h13-14H,1-12H2. The Bertz CT molecular complexity index is 176. The Morgan fingerprint density at radius 3 is 1.61 bits per heavy atom. The molecule has 4 heteroatoms. The van der Waals surface area contributed by atoms with Gasteiger partial charge in [-0.25, -0.2) is 0 Å². The van der Waals surface area contributed by atoms with Crippen LogP contribution in [0.25, 0.3) is 0 Å². The molecule has 2 atom stereocenters. The van der Waals surface area contributed by atoms with E-state index in [-0.39, 0.29) is 0 Å². The summed E-state index contributed by atoms with van der Waals surface area (Å²) in [5, 5.41) is 1.97. The molecular formula is C14H26S4. The zero-order chi connectivity index (χ0) is 12.5. The molecule has 0 N–H and O–H groups in total. The van der Waals surface area contributed by atoms with Gasteiger partial charge in [-0.2, -0.15) is 23.5 Å². The van der Waals surface area contributed by atoms with Crippen LogP contribution in [0.3, 0.4) is 0 Å². The fourth-order valence-corrected chi connectivity index (χ4v) is 7.77. The molecule has 0 aromatic heterocycles. The minimum Gasteiger partial charge on any atom is -0.159 e. The third-order valence-corrected chi connectivity index (χ3v) is 9.08. The van der Waals surface area contributed by atoms with Gasteiger partial charge in [0.1, 0.15) is 0 Å². The summed E-state index contributed by atoms with van der Waals surface area (Å²) in [5.74, 6) is 5.59. The zero-order valence-electron chi connectivity index (χ0n) is 11.3. The maximum atomic E-state index is 2.22. The van der Waals surface area contributed by atoms with Crippen molar-refractivity contribution in [3.8, 4) is 0 Å². The summed E-state index contributed by atoms with van der Waals surface area (Å²) in [6.07, 6.45) is 11.7. The van der Waals surface area contributed by atoms with E-state index in [0.29, 0.717) is 0 Å². The smallest absolute Gasteiger partial charge is 0.00552 e. The Hall–Kier alpha value is 1.40. The van der Waals surface area contributed by atoms with Gasteiger partial charge in [0.05, 0.1) is 0 Å². The highest BCUT2D eigenvalue weighted by Gasteiger charge is 2.14. The Kier molecular flexibility index (Phi) is 8.92. The third kappa shape index (κ3) is 6.71. The zero-order valence-corrected chi connectivity index (χ0v) is 14.5. The second-order valence-corrected chi connectivity index (χ2v) is 10.7. The molecule has 0 saturated carbocycles. The van der Waals surface area contributed by atoms with E-state index in [0.717, 1.165) is 10.5 Å². The summed E-state index contributed by atoms with van der Waals surface area (Å²) in [6.45, 7) is 0. The van der Waals surface area contributed by atoms with Crippen LogP contribution in [0.15, 0.2) is 0 Å². The molecule has 18 heavy (non-hydrogen) atoms. The lowest BCUT2D eigenvalue weighted by Crippen LogP contribution is -2.10. The molecule has 0 aromatic carbocycles. The Morgan fingerprint density at radius 1 is 0.722 bits per heavy atom. The summed E-state index contributed by atoms with van der Waals surface area (Å²) in [4.78, 5) is 0. The Balaban J connectivity index is 1.39. The molecule has 2 rings (SSSR count). The van der Waals surface area contributed by atoms with Gasteiger partial charge in [-0.1, -0.05) is 34.4 Å². The second-order valence-electron chi connectivity index (χ2n) is 5.20. The maximum Gasteiger partial charge on any atom is 0.00552 e. The van der Waals surface area contributed by atoms with Crippen molar-refractivity contribution in [1.82, 2.24) is 0 Å². The fourth-order valence-electron chi connectivity index (χ4n) is 2.55. The molecule has 0 amide bonds. The van der Waals surface area contributed by atoms with Gasteiger partial charge >= 0.3 is 0 Å². The van der Waals surface area contributed by atoms with Gasteiger partial charge in [0.15, 0.2) is 0 Å². The minimum atomic E-state index is 0.987. The van der Waals surface area contributed by atoms with E-state index in [9.17, 15) is 0 Å². The van der Waals surface area contributed by atoms with Crippen molar-refractivity contribution in [2.24, 2.45) is 0 Å². The van der Waals surface area contributed by atoms with Crippen molar-refractivity contribution in [2.45, 2.75) is 61.9 Å². The van der Waals surface area contributed by atoms with Gasteiger partial charge in [-0.15, -0.1) is 0 Å². The van der Waals surface area contributed by atoms with E-state index in [1.165, 1.54) is 74.4 Å². The average molecular weight is 323 g/mol. The van der Waals surface area contributed by atoms with Crippen LogP contribution >= 0.6 is 45.1 Å². The van der Waals surface area contributed by atoms with Crippen molar-refractivity contribution < 1.29 is 0 Å². The first kappa shape index (κ1) is 15.8. The van der Waals surface area contributed by atoms with Crippen molar-refractivity contribution in [2.75, 3.05) is 23.0 Å². The summed E-state index contributed by atoms with van der Waals surface area (Å²) in [6, 6.07) is 0. The topological polar surface area (TPSA) is 0 Å². The molecule has 0 aromatic rings. The highest BCUT2D eigenvalue weighted by atomic mass is 33.1. The van der Waals surface area contributed by atoms with Gasteiger partial charge in [-0.3, -0.25) is 0 Å². The molecule has 0 aliphatic carbocycles. The van der Waals surface area contributed by atoms with Crippen molar-refractivity contribution in [3.63, 3.8) is 0 Å². The lowest BCUT2D eigenvalue weighted by molar-refractivity contribution is 0.653. The van der Waals surface area contributed by atoms with Gasteiger partial charge in [-0.05, 0) is 50.0 Å². The van der Waals surface area contributed by atoms with Crippen LogP contribution in [-0.4, -0.2) is 33.5 Å². The summed E-state index contributed by atoms with van der Waals surface area (Å²) < 4.78 is 0. The highest BCUT2D eigenvalue weighted by Crippen LogP contribution is 2.33. The largest absolute Gasteiger partial charge is 0.159 e. The lowest BCUT2D eigenvalue weighted by Gasteiger charge is -2.21. The predicted molar refractivity (Wildman–Crippen MR) is 94.3 cm³/mol. The van der Waals surface area contributed by atoms with Crippen molar-refractivity contribution >= 4 is 45.1 Å². The van der Waals surface area contributed by atoms with Crippen LogP contribution in [-0.2, 0) is 0 Å². The Morgan fingerprint density at radius 2 is 1.22 bits per heavy atom. The Labute approximate surface area is 129 Å². The van der Waals surface area contributed by atoms with Crippen LogP contribution < -0.4 is 0 Å². The molecular weight excluding hydrogens is 296 g/mol. The molecule has 2 aliphatic heterocycles. The molecule has 0 bridgehead atoms. The summed E-state index contributed by atoms with van der Waals surface area (Å²) in [7, 11) is 4.26. The maximum absolute atomic E-state index is 2.22. The van der Waals surface area contributed by atoms with Gasteiger partial charge in [0.25, 0.3) is 0 Å². The molecule has 2 unspecified atom stereocenters. The number of hydrogen-bond acceptors (Lipinski definition) is 4. The van der Waals surface area contributed by atoms with Crippen LogP contribution in [0, 0.1) is 0 Å². The van der Waals surface area contributed by atoms with Crippen molar-refractivity contribution in [3.05, 3.63) is 0 Å². The summed E-state index contributed by atoms with van der Waals surface area (Å²) >= 11 is 4.45. The predicted octanol–water partition coefficient (Wildman–Crippen LogP) is 5.72. The van der Waals surface area contributed by atoms with Gasteiger partial charge in [0.2, 0.25) is 0 Å². The number of hydrogen-bond donors (Lipinski definition) is 0. The second kappa shape index (κ2) is 10.2. The highest BCUT2D eigenvalue weighted by molar-refractivity contribution is 8.76. The van der Waals surface area contributed by atoms with E-state index in [1.807, 2.05) is 0 Å². The van der Waals surface area contributed by atoms with E-state index < -0.39 is 0 Å². The quantitative estimate of drug-likeness (QED) is 0.434. The van der Waals surface area contributed by atoms with Crippen LogP contribution in [0.5, 0.6) is 0 Å². The average Bonchev–Trinajstić information content (AvgIpc) is 2.45. The van der Waals surface area contributed by atoms with Crippen LogP contribution in [0.4, 0.5) is 0 Å². The molecule has 0 spiro atoms. The molecule has 2 fully saturated rings.